The number of hydrogen-bond donors (Lipinski definition) is 0. The number of hydrogen-bond acceptors (Lipinski definition) is 1. The minimum atomic E-state index is -0.208. The van der Waals surface area contributed by atoms with E-state index < -0.39 is 0 Å². The van der Waals surface area contributed by atoms with Crippen LogP contribution < -0.4 is 0 Å². The summed E-state index contributed by atoms with van der Waals surface area (Å²) >= 11 is 0. The van der Waals surface area contributed by atoms with Crippen LogP contribution in [-0.4, -0.2) is 6.61 Å². The SMILES string of the molecule is CCOC(C#Cc1ccccc1)c1ccc(-c2ccccc2)cc1. The summed E-state index contributed by atoms with van der Waals surface area (Å²) in [6.45, 7) is 2.63. The molecule has 0 spiro atoms. The molecule has 1 atom stereocenters. The Labute approximate surface area is 143 Å². The first-order chi connectivity index (χ1) is 11.9. The number of benzene rings is 3. The molecule has 24 heavy (non-hydrogen) atoms. The molecule has 0 saturated heterocycles. The molecule has 1 nitrogen and oxygen atoms in total. The molecule has 0 fully saturated rings. The van der Waals surface area contributed by atoms with E-state index in [-0.39, 0.29) is 6.10 Å². The molecule has 3 rings (SSSR count). The quantitative estimate of drug-likeness (QED) is 0.579. The highest BCUT2D eigenvalue weighted by Crippen LogP contribution is 2.23. The van der Waals surface area contributed by atoms with Gasteiger partial charge < -0.3 is 4.74 Å². The molecule has 0 aliphatic heterocycles. The molecule has 0 N–H and O–H groups in total. The highest BCUT2D eigenvalue weighted by atomic mass is 16.5. The van der Waals surface area contributed by atoms with Crippen molar-refractivity contribution < 1.29 is 4.74 Å². The maximum Gasteiger partial charge on any atom is 0.143 e. The van der Waals surface area contributed by atoms with Crippen molar-refractivity contribution in [3.63, 3.8) is 0 Å². The topological polar surface area (TPSA) is 9.23 Å². The lowest BCUT2D eigenvalue weighted by atomic mass is 10.0. The molecule has 0 aliphatic carbocycles. The standard InChI is InChI=1S/C23H20O/c1-2-24-23(18-13-19-9-5-3-6-10-19)22-16-14-21(15-17-22)20-11-7-4-8-12-20/h3-12,14-17,23H,2H2,1H3. The predicted octanol–water partition coefficient (Wildman–Crippen LogP) is 5.48. The zero-order valence-corrected chi connectivity index (χ0v) is 13.8. The van der Waals surface area contributed by atoms with Crippen molar-refractivity contribution in [2.24, 2.45) is 0 Å². The smallest absolute Gasteiger partial charge is 0.143 e. The van der Waals surface area contributed by atoms with Crippen LogP contribution >= 0.6 is 0 Å². The predicted molar refractivity (Wildman–Crippen MR) is 99.6 cm³/mol. The molecule has 0 saturated carbocycles. The van der Waals surface area contributed by atoms with Crippen molar-refractivity contribution in [1.82, 2.24) is 0 Å². The van der Waals surface area contributed by atoms with Gasteiger partial charge >= 0.3 is 0 Å². The molecule has 0 aliphatic rings. The fourth-order valence-corrected chi connectivity index (χ4v) is 2.54. The van der Waals surface area contributed by atoms with Gasteiger partial charge in [-0.3, -0.25) is 0 Å². The third-order valence-electron chi connectivity index (χ3n) is 3.78. The van der Waals surface area contributed by atoms with Gasteiger partial charge in [0, 0.05) is 12.2 Å². The van der Waals surface area contributed by atoms with Gasteiger partial charge in [0.1, 0.15) is 6.10 Å². The Morgan fingerprint density at radius 3 is 1.96 bits per heavy atom. The van der Waals surface area contributed by atoms with Crippen LogP contribution in [0.15, 0.2) is 84.9 Å². The third kappa shape index (κ3) is 4.13. The molecule has 1 unspecified atom stereocenters. The van der Waals surface area contributed by atoms with Gasteiger partial charge in [-0.05, 0) is 35.7 Å². The van der Waals surface area contributed by atoms with Crippen molar-refractivity contribution in [3.05, 3.63) is 96.1 Å². The second kappa shape index (κ2) is 8.15. The third-order valence-corrected chi connectivity index (χ3v) is 3.78. The summed E-state index contributed by atoms with van der Waals surface area (Å²) in [6, 6.07) is 28.8. The van der Waals surface area contributed by atoms with E-state index >= 15 is 0 Å². The number of rotatable bonds is 4. The van der Waals surface area contributed by atoms with E-state index in [4.69, 9.17) is 4.74 Å². The molecule has 118 valence electrons. The molecule has 3 aromatic carbocycles. The van der Waals surface area contributed by atoms with Gasteiger partial charge in [-0.2, -0.15) is 0 Å². The van der Waals surface area contributed by atoms with Gasteiger partial charge in [0.05, 0.1) is 0 Å². The highest BCUT2D eigenvalue weighted by Gasteiger charge is 2.08. The van der Waals surface area contributed by atoms with Crippen molar-refractivity contribution >= 4 is 0 Å². The van der Waals surface area contributed by atoms with Crippen LogP contribution in [0.3, 0.4) is 0 Å². The van der Waals surface area contributed by atoms with E-state index in [0.29, 0.717) is 6.61 Å². The lowest BCUT2D eigenvalue weighted by Crippen LogP contribution is -2.01. The van der Waals surface area contributed by atoms with Gasteiger partial charge in [-0.15, -0.1) is 0 Å². The maximum atomic E-state index is 5.82. The van der Waals surface area contributed by atoms with E-state index in [2.05, 4.69) is 60.4 Å². The van der Waals surface area contributed by atoms with Crippen LogP contribution in [0.1, 0.15) is 24.2 Å². The summed E-state index contributed by atoms with van der Waals surface area (Å²) in [5.74, 6) is 6.44. The van der Waals surface area contributed by atoms with Crippen LogP contribution in [0.4, 0.5) is 0 Å². The first-order valence-corrected chi connectivity index (χ1v) is 8.20. The van der Waals surface area contributed by atoms with E-state index in [9.17, 15) is 0 Å². The van der Waals surface area contributed by atoms with Crippen LogP contribution in [0.2, 0.25) is 0 Å². The second-order valence-corrected chi connectivity index (χ2v) is 5.46. The Morgan fingerprint density at radius 1 is 0.750 bits per heavy atom. The summed E-state index contributed by atoms with van der Waals surface area (Å²) in [5, 5.41) is 0. The molecule has 0 bridgehead atoms. The zero-order chi connectivity index (χ0) is 16.6. The Bertz CT molecular complexity index is 809. The Morgan fingerprint density at radius 2 is 1.33 bits per heavy atom. The Kier molecular flexibility index (Phi) is 5.45. The average Bonchev–Trinajstić information content (AvgIpc) is 2.67. The zero-order valence-electron chi connectivity index (χ0n) is 13.8. The first-order valence-electron chi connectivity index (χ1n) is 8.20. The maximum absolute atomic E-state index is 5.82. The van der Waals surface area contributed by atoms with Gasteiger partial charge in [-0.25, -0.2) is 0 Å². The molecule has 0 aromatic heterocycles. The Hall–Kier alpha value is -2.82. The normalized spacial score (nSPS) is 11.4. The van der Waals surface area contributed by atoms with E-state index in [1.807, 2.05) is 43.3 Å². The fourth-order valence-electron chi connectivity index (χ4n) is 2.54. The summed E-state index contributed by atoms with van der Waals surface area (Å²) < 4.78 is 5.82. The molecule has 0 amide bonds. The van der Waals surface area contributed by atoms with E-state index in [1.54, 1.807) is 0 Å². The average molecular weight is 312 g/mol. The molecule has 0 heterocycles. The highest BCUT2D eigenvalue weighted by molar-refractivity contribution is 5.63. The van der Waals surface area contributed by atoms with Crippen LogP contribution in [0, 0.1) is 11.8 Å². The molecular formula is C23H20O. The van der Waals surface area contributed by atoms with Crippen LogP contribution in [-0.2, 0) is 4.74 Å². The summed E-state index contributed by atoms with van der Waals surface area (Å²) in [4.78, 5) is 0. The largest absolute Gasteiger partial charge is 0.361 e. The van der Waals surface area contributed by atoms with Gasteiger partial charge in [0.15, 0.2) is 0 Å². The van der Waals surface area contributed by atoms with E-state index in [0.717, 1.165) is 11.1 Å². The van der Waals surface area contributed by atoms with Crippen molar-refractivity contribution in [2.45, 2.75) is 13.0 Å². The van der Waals surface area contributed by atoms with Gasteiger partial charge in [0.25, 0.3) is 0 Å². The van der Waals surface area contributed by atoms with Gasteiger partial charge in [-0.1, -0.05) is 84.6 Å². The fraction of sp³-hybridized carbons (Fsp3) is 0.130. The first kappa shape index (κ1) is 16.1. The minimum absolute atomic E-state index is 0.208. The lowest BCUT2D eigenvalue weighted by Gasteiger charge is -2.12. The second-order valence-electron chi connectivity index (χ2n) is 5.46. The Balaban J connectivity index is 1.83. The van der Waals surface area contributed by atoms with Crippen molar-refractivity contribution in [2.75, 3.05) is 6.61 Å². The van der Waals surface area contributed by atoms with Crippen LogP contribution in [0.25, 0.3) is 11.1 Å². The van der Waals surface area contributed by atoms with Crippen molar-refractivity contribution in [1.29, 1.82) is 0 Å². The monoisotopic (exact) mass is 312 g/mol. The molecular weight excluding hydrogens is 292 g/mol. The summed E-state index contributed by atoms with van der Waals surface area (Å²) in [5.41, 5.74) is 4.50. The van der Waals surface area contributed by atoms with E-state index in [1.165, 1.54) is 11.1 Å². The summed E-state index contributed by atoms with van der Waals surface area (Å²) in [7, 11) is 0. The lowest BCUT2D eigenvalue weighted by molar-refractivity contribution is 0.103. The van der Waals surface area contributed by atoms with Crippen LogP contribution in [0.5, 0.6) is 0 Å². The molecule has 3 aromatic rings. The number of ether oxygens (including phenoxy) is 1. The van der Waals surface area contributed by atoms with Crippen molar-refractivity contribution in [3.8, 4) is 23.0 Å². The minimum Gasteiger partial charge on any atom is -0.361 e. The summed E-state index contributed by atoms with van der Waals surface area (Å²) in [6.07, 6.45) is -0.208. The molecule has 0 radical (unpaired) electrons. The molecule has 1 heteroatoms. The van der Waals surface area contributed by atoms with Gasteiger partial charge in [0.2, 0.25) is 0 Å².